The molecule has 11 heteroatoms. The van der Waals surface area contributed by atoms with E-state index in [9.17, 15) is 17.6 Å². The van der Waals surface area contributed by atoms with E-state index in [0.717, 1.165) is 55.5 Å². The lowest BCUT2D eigenvalue weighted by Gasteiger charge is -2.56. The number of aryl methyl sites for hydroxylation is 2. The van der Waals surface area contributed by atoms with Gasteiger partial charge in [0.1, 0.15) is 13.3 Å². The van der Waals surface area contributed by atoms with E-state index in [1.54, 1.807) is 18.2 Å². The minimum absolute atomic E-state index is 0.0118. The molecule has 1 saturated carbocycles. The third-order valence-corrected chi connectivity index (χ3v) is 11.2. The van der Waals surface area contributed by atoms with Gasteiger partial charge in [-0.2, -0.15) is 4.98 Å². The van der Waals surface area contributed by atoms with Crippen LogP contribution in [-0.4, -0.2) is 79.1 Å². The minimum atomic E-state index is -4.13. The van der Waals surface area contributed by atoms with E-state index in [1.807, 2.05) is 36.9 Å². The molecule has 9 nitrogen and oxygen atoms in total. The molecule has 46 heavy (non-hydrogen) atoms. The van der Waals surface area contributed by atoms with Crippen LogP contribution in [0.2, 0.25) is 0 Å². The molecule has 1 N–H and O–H groups in total. The predicted octanol–water partition coefficient (Wildman–Crippen LogP) is 6.02. The van der Waals surface area contributed by atoms with Crippen molar-refractivity contribution in [3.05, 3.63) is 65.2 Å². The zero-order chi connectivity index (χ0) is 32.6. The summed E-state index contributed by atoms with van der Waals surface area (Å²) in [6, 6.07) is 13.6. The number of likely N-dealkylation sites (tertiary alicyclic amines) is 1. The Morgan fingerprint density at radius 1 is 1.04 bits per heavy atom. The molecule has 1 saturated heterocycles. The molecule has 2 aromatic carbocycles. The Labute approximate surface area is 271 Å². The van der Waals surface area contributed by atoms with Gasteiger partial charge in [-0.1, -0.05) is 38.1 Å². The minimum Gasteiger partial charge on any atom is -0.475 e. The van der Waals surface area contributed by atoms with E-state index in [4.69, 9.17) is 4.74 Å². The number of nitrogens with one attached hydrogen (secondary N) is 1. The van der Waals surface area contributed by atoms with Gasteiger partial charge in [0.2, 0.25) is 11.8 Å². The van der Waals surface area contributed by atoms with Gasteiger partial charge in [-0.05, 0) is 99.7 Å². The lowest BCUT2D eigenvalue weighted by atomic mass is 9.59. The van der Waals surface area contributed by atoms with Crippen LogP contribution in [-0.2, 0) is 10.0 Å². The Kier molecular flexibility index (Phi) is 9.08. The smallest absolute Gasteiger partial charge is 0.264 e. The molecule has 3 heterocycles. The van der Waals surface area contributed by atoms with Gasteiger partial charge in [0.15, 0.2) is 0 Å². The largest absolute Gasteiger partial charge is 0.475 e. The van der Waals surface area contributed by atoms with Crippen molar-refractivity contribution >= 4 is 21.9 Å². The van der Waals surface area contributed by atoms with Crippen LogP contribution in [0, 0.1) is 25.2 Å². The van der Waals surface area contributed by atoms with Crippen molar-refractivity contribution in [3.8, 4) is 17.1 Å². The van der Waals surface area contributed by atoms with E-state index in [2.05, 4.69) is 33.4 Å². The summed E-state index contributed by atoms with van der Waals surface area (Å²) in [7, 11) is -4.13. The molecule has 1 atom stereocenters. The Morgan fingerprint density at radius 3 is 2.41 bits per heavy atom. The molecule has 1 aromatic heterocycles. The highest BCUT2D eigenvalue weighted by molar-refractivity contribution is 7.92. The number of anilines is 1. The first-order chi connectivity index (χ1) is 22.0. The number of piperidine rings is 1. The molecule has 2 fully saturated rings. The summed E-state index contributed by atoms with van der Waals surface area (Å²) in [6.07, 6.45) is 4.41. The van der Waals surface area contributed by atoms with Gasteiger partial charge in [-0.3, -0.25) is 4.79 Å². The first-order valence-corrected chi connectivity index (χ1v) is 17.8. The Hall–Kier alpha value is -3.57. The SMILES string of the molecule is Cc1cccc(C)c1-c1cc2nc(n1)NS(=O)(=O)c1cccc(c1)C(=O)N(C1CC3(CCN(CCF)CC3)C1)[C@H](CC(C)C)CO2. The summed E-state index contributed by atoms with van der Waals surface area (Å²) in [5.41, 5.74) is 3.88. The third-order valence-electron chi connectivity index (χ3n) is 9.90. The van der Waals surface area contributed by atoms with Gasteiger partial charge < -0.3 is 14.5 Å². The van der Waals surface area contributed by atoms with E-state index in [1.165, 1.54) is 12.1 Å². The molecule has 1 amide bonds. The van der Waals surface area contributed by atoms with E-state index in [-0.39, 0.29) is 59.3 Å². The number of rotatable bonds is 6. The van der Waals surface area contributed by atoms with Gasteiger partial charge >= 0.3 is 0 Å². The summed E-state index contributed by atoms with van der Waals surface area (Å²) in [4.78, 5) is 27.6. The zero-order valence-electron chi connectivity index (χ0n) is 27.1. The standard InChI is InChI=1S/C35H44FN5O4S/c1-23(2)17-27-22-45-31-19-30(32-24(3)7-5-8-25(32)4)37-34(38-31)39-46(43,44)29-10-6-9-26(18-29)33(42)41(27)28-20-35(21-28)11-14-40(15-12-35)16-13-36/h5-10,18-19,23,27-28H,11-17,20-22H2,1-4H3,(H,37,38,39)/t27-/m1/s1. The highest BCUT2D eigenvalue weighted by Crippen LogP contribution is 2.52. The van der Waals surface area contributed by atoms with Crippen molar-refractivity contribution in [1.29, 1.82) is 0 Å². The first kappa shape index (κ1) is 32.4. The van der Waals surface area contributed by atoms with Crippen LogP contribution in [0.4, 0.5) is 10.3 Å². The van der Waals surface area contributed by atoms with Crippen LogP contribution >= 0.6 is 0 Å². The average Bonchev–Trinajstić information content (AvgIpc) is 2.99. The fourth-order valence-electron chi connectivity index (χ4n) is 7.55. The summed E-state index contributed by atoms with van der Waals surface area (Å²) < 4.78 is 49.2. The van der Waals surface area contributed by atoms with E-state index >= 15 is 0 Å². The molecule has 1 aliphatic carbocycles. The van der Waals surface area contributed by atoms with E-state index < -0.39 is 10.0 Å². The Balaban J connectivity index is 1.40. The molecule has 2 aliphatic heterocycles. The normalized spacial score (nSPS) is 21.5. The molecule has 246 valence electrons. The number of aromatic nitrogens is 2. The van der Waals surface area contributed by atoms with Gasteiger partial charge in [0, 0.05) is 29.8 Å². The van der Waals surface area contributed by atoms with Crippen molar-refractivity contribution in [2.24, 2.45) is 11.3 Å². The number of carbonyl (C=O) groups excluding carboxylic acids is 1. The van der Waals surface area contributed by atoms with Gasteiger partial charge in [-0.25, -0.2) is 22.5 Å². The fourth-order valence-corrected chi connectivity index (χ4v) is 8.54. The topological polar surface area (TPSA) is 105 Å². The molecule has 4 bridgehead atoms. The second-order valence-corrected chi connectivity index (χ2v) is 15.4. The predicted molar refractivity (Wildman–Crippen MR) is 176 cm³/mol. The van der Waals surface area contributed by atoms with Crippen molar-refractivity contribution in [1.82, 2.24) is 19.8 Å². The van der Waals surface area contributed by atoms with Crippen LogP contribution < -0.4 is 9.46 Å². The number of carbonyl (C=O) groups is 1. The maximum atomic E-state index is 14.4. The van der Waals surface area contributed by atoms with Crippen LogP contribution in [0.15, 0.2) is 53.4 Å². The van der Waals surface area contributed by atoms with E-state index in [0.29, 0.717) is 24.2 Å². The van der Waals surface area contributed by atoms with Crippen LogP contribution in [0.5, 0.6) is 5.88 Å². The summed E-state index contributed by atoms with van der Waals surface area (Å²) in [5.74, 6) is 0.220. The molecule has 1 spiro atoms. The average molecular weight is 650 g/mol. The van der Waals surface area contributed by atoms with Crippen LogP contribution in [0.1, 0.15) is 67.4 Å². The second kappa shape index (κ2) is 12.9. The molecule has 0 radical (unpaired) electrons. The number of amides is 1. The maximum absolute atomic E-state index is 14.4. The highest BCUT2D eigenvalue weighted by atomic mass is 32.2. The number of hydrogen-bond donors (Lipinski definition) is 1. The second-order valence-electron chi connectivity index (χ2n) is 13.7. The van der Waals surface area contributed by atoms with Crippen LogP contribution in [0.25, 0.3) is 11.3 Å². The quantitative estimate of drug-likeness (QED) is 0.348. The first-order valence-electron chi connectivity index (χ1n) is 16.3. The number of fused-ring (bicyclic) bond motifs is 4. The van der Waals surface area contributed by atoms with Crippen molar-refractivity contribution in [2.75, 3.05) is 37.6 Å². The number of halogens is 1. The Morgan fingerprint density at radius 2 is 1.74 bits per heavy atom. The molecular formula is C35H44FN5O4S. The number of ether oxygens (including phenoxy) is 1. The van der Waals surface area contributed by atoms with Crippen molar-refractivity contribution in [2.45, 2.75) is 76.8 Å². The van der Waals surface area contributed by atoms with Crippen molar-refractivity contribution in [3.63, 3.8) is 0 Å². The number of hydrogen-bond acceptors (Lipinski definition) is 7. The summed E-state index contributed by atoms with van der Waals surface area (Å²) in [5, 5.41) is 0. The lowest BCUT2D eigenvalue weighted by molar-refractivity contribution is -0.0531. The fraction of sp³-hybridized carbons (Fsp3) is 0.514. The summed E-state index contributed by atoms with van der Waals surface area (Å²) in [6.45, 7) is 10.3. The molecule has 0 unspecified atom stereocenters. The number of nitrogens with zero attached hydrogens (tertiary/aromatic N) is 4. The zero-order valence-corrected chi connectivity index (χ0v) is 27.9. The molecule has 3 aliphatic rings. The highest BCUT2D eigenvalue weighted by Gasteiger charge is 2.50. The van der Waals surface area contributed by atoms with Gasteiger partial charge in [-0.15, -0.1) is 0 Å². The lowest BCUT2D eigenvalue weighted by Crippen LogP contribution is -2.60. The van der Waals surface area contributed by atoms with Gasteiger partial charge in [0.05, 0.1) is 16.6 Å². The molecule has 6 rings (SSSR count). The molecule has 3 aromatic rings. The summed E-state index contributed by atoms with van der Waals surface area (Å²) >= 11 is 0. The third kappa shape index (κ3) is 6.62. The Bertz CT molecular complexity index is 1680. The van der Waals surface area contributed by atoms with Crippen molar-refractivity contribution < 1.29 is 22.3 Å². The number of sulfonamides is 1. The maximum Gasteiger partial charge on any atom is 0.264 e. The van der Waals surface area contributed by atoms with Gasteiger partial charge in [0.25, 0.3) is 15.9 Å². The molecular weight excluding hydrogens is 605 g/mol. The monoisotopic (exact) mass is 649 g/mol. The number of alkyl halides is 1. The van der Waals surface area contributed by atoms with Crippen LogP contribution in [0.3, 0.4) is 0 Å². The number of benzene rings is 2.